The highest BCUT2D eigenvalue weighted by atomic mass is 19.3. The maximum Gasteiger partial charge on any atom is 0.330 e. The molecule has 1 heterocycles. The molecule has 0 aliphatic rings. The molecule has 2 N–H and O–H groups in total. The molecule has 0 saturated heterocycles. The van der Waals surface area contributed by atoms with E-state index in [0.717, 1.165) is 0 Å². The van der Waals surface area contributed by atoms with Crippen LogP contribution < -0.4 is 5.73 Å². The molecule has 21 heavy (non-hydrogen) atoms. The summed E-state index contributed by atoms with van der Waals surface area (Å²) in [5.74, 6) is -3.87. The van der Waals surface area contributed by atoms with Crippen molar-refractivity contribution in [3.8, 4) is 0 Å². The maximum absolute atomic E-state index is 12.7. The summed E-state index contributed by atoms with van der Waals surface area (Å²) in [4.78, 5) is 4.04. The topological polar surface area (TPSA) is 74.2 Å². The first-order valence-corrected chi connectivity index (χ1v) is 6.58. The lowest BCUT2D eigenvalue weighted by Crippen LogP contribution is -2.34. The molecule has 0 spiro atoms. The first-order valence-electron chi connectivity index (χ1n) is 6.58. The van der Waals surface area contributed by atoms with E-state index in [-0.39, 0.29) is 5.82 Å². The molecule has 0 aliphatic heterocycles. The Balaban J connectivity index is 2.64. The smallest absolute Gasteiger partial charge is 0.330 e. The minimum Gasteiger partial charge on any atom is -0.367 e. The van der Waals surface area contributed by atoms with Gasteiger partial charge in [-0.05, 0) is 12.8 Å². The third-order valence-electron chi connectivity index (χ3n) is 3.51. The quantitative estimate of drug-likeness (QED) is 0.709. The van der Waals surface area contributed by atoms with Crippen LogP contribution in [0.15, 0.2) is 4.52 Å². The van der Waals surface area contributed by atoms with E-state index in [4.69, 9.17) is 10.3 Å². The molecule has 0 amide bonds. The van der Waals surface area contributed by atoms with E-state index >= 15 is 0 Å². The molecule has 9 heteroatoms. The SMILES string of the molecule is CCC(CC)(CN)c1nc(COCC(F)(F)C(F)F)no1. The summed E-state index contributed by atoms with van der Waals surface area (Å²) in [6, 6.07) is 0. The second-order valence-corrected chi connectivity index (χ2v) is 4.76. The minimum absolute atomic E-state index is 0.0230. The van der Waals surface area contributed by atoms with Gasteiger partial charge in [-0.3, -0.25) is 0 Å². The van der Waals surface area contributed by atoms with Gasteiger partial charge in [0.2, 0.25) is 5.89 Å². The average Bonchev–Trinajstić information content (AvgIpc) is 2.90. The van der Waals surface area contributed by atoms with Crippen molar-refractivity contribution in [2.75, 3.05) is 13.2 Å². The van der Waals surface area contributed by atoms with Crippen LogP contribution in [0.25, 0.3) is 0 Å². The third-order valence-corrected chi connectivity index (χ3v) is 3.51. The number of rotatable bonds is 9. The summed E-state index contributed by atoms with van der Waals surface area (Å²) in [5.41, 5.74) is 5.24. The van der Waals surface area contributed by atoms with Gasteiger partial charge >= 0.3 is 12.3 Å². The van der Waals surface area contributed by atoms with E-state index in [1.165, 1.54) is 0 Å². The van der Waals surface area contributed by atoms with Crippen molar-refractivity contribution in [1.82, 2.24) is 10.1 Å². The van der Waals surface area contributed by atoms with Crippen molar-refractivity contribution in [2.24, 2.45) is 5.73 Å². The Hall–Kier alpha value is -1.22. The van der Waals surface area contributed by atoms with E-state index < -0.39 is 31.0 Å². The number of nitrogens with two attached hydrogens (primary N) is 1. The molecule has 0 bridgehead atoms. The number of halogens is 4. The fraction of sp³-hybridized carbons (Fsp3) is 0.833. The van der Waals surface area contributed by atoms with Crippen LogP contribution in [0.2, 0.25) is 0 Å². The molecule has 0 aliphatic carbocycles. The molecular weight excluding hydrogens is 294 g/mol. The fourth-order valence-electron chi connectivity index (χ4n) is 1.80. The predicted octanol–water partition coefficient (Wildman–Crippen LogP) is 2.50. The first kappa shape index (κ1) is 17.8. The first-order chi connectivity index (χ1) is 9.81. The zero-order chi connectivity index (χ0) is 16.1. The molecule has 0 saturated carbocycles. The van der Waals surface area contributed by atoms with E-state index in [1.807, 2.05) is 13.8 Å². The Bertz CT molecular complexity index is 428. The van der Waals surface area contributed by atoms with Gasteiger partial charge in [-0.1, -0.05) is 19.0 Å². The van der Waals surface area contributed by atoms with Gasteiger partial charge in [-0.25, -0.2) is 8.78 Å². The highest BCUT2D eigenvalue weighted by Crippen LogP contribution is 2.29. The third kappa shape index (κ3) is 4.13. The summed E-state index contributed by atoms with van der Waals surface area (Å²) in [6.45, 7) is 2.30. The molecular formula is C12H19F4N3O2. The number of alkyl halides is 4. The van der Waals surface area contributed by atoms with Crippen LogP contribution in [0.5, 0.6) is 0 Å². The lowest BCUT2D eigenvalue weighted by atomic mass is 9.82. The number of hydrogen-bond acceptors (Lipinski definition) is 5. The monoisotopic (exact) mass is 313 g/mol. The lowest BCUT2D eigenvalue weighted by molar-refractivity contribution is -0.168. The molecule has 0 fully saturated rings. The van der Waals surface area contributed by atoms with E-state index in [1.54, 1.807) is 0 Å². The molecule has 0 atom stereocenters. The highest BCUT2D eigenvalue weighted by Gasteiger charge is 2.41. The summed E-state index contributed by atoms with van der Waals surface area (Å²) < 4.78 is 58.8. The van der Waals surface area contributed by atoms with Crippen LogP contribution >= 0.6 is 0 Å². The Kier molecular flexibility index (Phi) is 6.09. The number of nitrogens with zero attached hydrogens (tertiary/aromatic N) is 2. The normalized spacial score (nSPS) is 13.1. The summed E-state index contributed by atoms with van der Waals surface area (Å²) in [5, 5.41) is 3.59. The van der Waals surface area contributed by atoms with Crippen molar-refractivity contribution in [1.29, 1.82) is 0 Å². The van der Waals surface area contributed by atoms with Crippen LogP contribution in [0.4, 0.5) is 17.6 Å². The maximum atomic E-state index is 12.7. The molecule has 5 nitrogen and oxygen atoms in total. The largest absolute Gasteiger partial charge is 0.367 e. The standard InChI is InChI=1S/C12H19F4N3O2/c1-3-11(4-2,6-17)10-18-8(19-21-10)5-20-7-12(15,16)9(13)14/h9H,3-7,17H2,1-2H3. The molecule has 122 valence electrons. The Labute approximate surface area is 119 Å². The second-order valence-electron chi connectivity index (χ2n) is 4.76. The molecule has 1 aromatic heterocycles. The number of hydrogen-bond donors (Lipinski definition) is 1. The highest BCUT2D eigenvalue weighted by molar-refractivity contribution is 5.05. The Morgan fingerprint density at radius 2 is 1.90 bits per heavy atom. The van der Waals surface area contributed by atoms with Gasteiger partial charge in [0.15, 0.2) is 5.82 Å². The zero-order valence-corrected chi connectivity index (χ0v) is 11.9. The van der Waals surface area contributed by atoms with Crippen LogP contribution in [0.1, 0.15) is 38.4 Å². The summed E-state index contributed by atoms with van der Waals surface area (Å²) >= 11 is 0. The van der Waals surface area contributed by atoms with Crippen molar-refractivity contribution < 1.29 is 26.8 Å². The Morgan fingerprint density at radius 3 is 2.38 bits per heavy atom. The summed E-state index contributed by atoms with van der Waals surface area (Å²) in [6.07, 6.45) is -2.43. The van der Waals surface area contributed by atoms with Crippen LogP contribution in [0, 0.1) is 0 Å². The predicted molar refractivity (Wildman–Crippen MR) is 66.2 cm³/mol. The minimum atomic E-state index is -4.19. The van der Waals surface area contributed by atoms with E-state index in [2.05, 4.69) is 14.9 Å². The lowest BCUT2D eigenvalue weighted by Gasteiger charge is -2.24. The molecule has 1 aromatic rings. The number of aromatic nitrogens is 2. The van der Waals surface area contributed by atoms with Crippen LogP contribution in [-0.2, 0) is 16.8 Å². The fourth-order valence-corrected chi connectivity index (χ4v) is 1.80. The van der Waals surface area contributed by atoms with Crippen molar-refractivity contribution >= 4 is 0 Å². The van der Waals surface area contributed by atoms with Gasteiger partial charge in [0.05, 0.1) is 5.41 Å². The molecule has 1 rings (SSSR count). The molecule has 0 radical (unpaired) electrons. The van der Waals surface area contributed by atoms with Gasteiger partial charge < -0.3 is 15.0 Å². The van der Waals surface area contributed by atoms with E-state index in [0.29, 0.717) is 25.3 Å². The van der Waals surface area contributed by atoms with Crippen molar-refractivity contribution in [2.45, 2.75) is 51.1 Å². The van der Waals surface area contributed by atoms with Gasteiger partial charge in [0, 0.05) is 6.54 Å². The van der Waals surface area contributed by atoms with Gasteiger partial charge in [0.1, 0.15) is 13.2 Å². The van der Waals surface area contributed by atoms with Gasteiger partial charge in [-0.15, -0.1) is 0 Å². The van der Waals surface area contributed by atoms with E-state index in [9.17, 15) is 17.6 Å². The second kappa shape index (κ2) is 7.17. The van der Waals surface area contributed by atoms with Gasteiger partial charge in [-0.2, -0.15) is 13.8 Å². The van der Waals surface area contributed by atoms with Crippen LogP contribution in [-0.4, -0.2) is 35.6 Å². The van der Waals surface area contributed by atoms with Crippen molar-refractivity contribution in [3.05, 3.63) is 11.7 Å². The molecule has 0 unspecified atom stereocenters. The molecule has 0 aromatic carbocycles. The van der Waals surface area contributed by atoms with Crippen molar-refractivity contribution in [3.63, 3.8) is 0 Å². The van der Waals surface area contributed by atoms with Crippen LogP contribution in [0.3, 0.4) is 0 Å². The average molecular weight is 313 g/mol. The summed E-state index contributed by atoms with van der Waals surface area (Å²) in [7, 11) is 0. The number of ether oxygens (including phenoxy) is 1. The van der Waals surface area contributed by atoms with Gasteiger partial charge in [0.25, 0.3) is 0 Å². The zero-order valence-electron chi connectivity index (χ0n) is 11.9. The Morgan fingerprint density at radius 1 is 1.29 bits per heavy atom.